The SMILES string of the molecule is O=C1/C(=C\c2cccc([N+](=O)[O-])c2[O-])SC(=S)N1c1ccccc1. The summed E-state index contributed by atoms with van der Waals surface area (Å²) in [5.74, 6) is -1.09. The zero-order valence-corrected chi connectivity index (χ0v) is 13.7. The lowest BCUT2D eigenvalue weighted by atomic mass is 10.1. The van der Waals surface area contributed by atoms with Crippen molar-refractivity contribution in [1.82, 2.24) is 0 Å². The molecule has 0 bridgehead atoms. The Kier molecular flexibility index (Phi) is 4.32. The summed E-state index contributed by atoms with van der Waals surface area (Å²) in [6.07, 6.45) is 1.34. The molecule has 3 rings (SSSR count). The first-order valence-electron chi connectivity index (χ1n) is 6.76. The zero-order chi connectivity index (χ0) is 17.3. The standard InChI is InChI=1S/C16H10N2O4S2/c19-14-10(5-4-8-12(14)18(21)22)9-13-15(20)17(16(23)24-13)11-6-2-1-3-7-11/h1-9,19H/p-1/b13-9+. The van der Waals surface area contributed by atoms with E-state index in [9.17, 15) is 20.0 Å². The molecule has 1 aliphatic heterocycles. The van der Waals surface area contributed by atoms with Gasteiger partial charge in [-0.25, -0.2) is 0 Å². The van der Waals surface area contributed by atoms with Crippen LogP contribution >= 0.6 is 24.0 Å². The van der Waals surface area contributed by atoms with Gasteiger partial charge in [0.05, 0.1) is 15.5 Å². The van der Waals surface area contributed by atoms with Crippen LogP contribution in [0.3, 0.4) is 0 Å². The number of hydrogen-bond acceptors (Lipinski definition) is 6. The molecule has 0 radical (unpaired) electrons. The van der Waals surface area contributed by atoms with Crippen molar-refractivity contribution < 1.29 is 14.8 Å². The number of amides is 1. The maximum atomic E-state index is 12.6. The number of carbonyl (C=O) groups is 1. The Morgan fingerprint density at radius 3 is 2.50 bits per heavy atom. The summed E-state index contributed by atoms with van der Waals surface area (Å²) in [5, 5.41) is 22.9. The average Bonchev–Trinajstić information content (AvgIpc) is 2.84. The first-order chi connectivity index (χ1) is 11.5. The zero-order valence-electron chi connectivity index (χ0n) is 12.0. The van der Waals surface area contributed by atoms with Gasteiger partial charge in [0.1, 0.15) is 0 Å². The Bertz CT molecular complexity index is 881. The van der Waals surface area contributed by atoms with Crippen LogP contribution in [0.4, 0.5) is 11.4 Å². The van der Waals surface area contributed by atoms with Gasteiger partial charge in [-0.05, 0) is 29.5 Å². The highest BCUT2D eigenvalue weighted by Gasteiger charge is 2.33. The Morgan fingerprint density at radius 1 is 1.12 bits per heavy atom. The summed E-state index contributed by atoms with van der Waals surface area (Å²) in [7, 11) is 0. The number of nitro groups is 1. The first kappa shape index (κ1) is 16.2. The lowest BCUT2D eigenvalue weighted by Crippen LogP contribution is -2.27. The van der Waals surface area contributed by atoms with Crippen LogP contribution < -0.4 is 10.0 Å². The number of rotatable bonds is 3. The van der Waals surface area contributed by atoms with Gasteiger partial charge in [-0.3, -0.25) is 19.8 Å². The lowest BCUT2D eigenvalue weighted by Gasteiger charge is -2.14. The minimum atomic E-state index is -0.741. The summed E-state index contributed by atoms with van der Waals surface area (Å²) in [6.45, 7) is 0. The Balaban J connectivity index is 1.99. The van der Waals surface area contributed by atoms with Gasteiger partial charge >= 0.3 is 0 Å². The van der Waals surface area contributed by atoms with Crippen molar-refractivity contribution in [2.24, 2.45) is 0 Å². The highest BCUT2D eigenvalue weighted by Crippen LogP contribution is 2.37. The summed E-state index contributed by atoms with van der Waals surface area (Å²) in [5.41, 5.74) is 0.185. The third-order valence-electron chi connectivity index (χ3n) is 3.32. The number of thioether (sulfide) groups is 1. The number of carbonyl (C=O) groups excluding carboxylic acids is 1. The molecule has 0 saturated carbocycles. The molecule has 1 aliphatic rings. The molecule has 1 amide bonds. The van der Waals surface area contributed by atoms with Crippen LogP contribution in [0.15, 0.2) is 53.4 Å². The molecule has 24 heavy (non-hydrogen) atoms. The second-order valence-electron chi connectivity index (χ2n) is 4.81. The van der Waals surface area contributed by atoms with E-state index in [-0.39, 0.29) is 16.4 Å². The van der Waals surface area contributed by atoms with E-state index < -0.39 is 16.4 Å². The molecule has 0 spiro atoms. The topological polar surface area (TPSA) is 86.5 Å². The van der Waals surface area contributed by atoms with Crippen molar-refractivity contribution >= 4 is 51.7 Å². The van der Waals surface area contributed by atoms with E-state index in [0.717, 1.165) is 17.8 Å². The minimum Gasteiger partial charge on any atom is -0.867 e. The number of benzene rings is 2. The van der Waals surface area contributed by atoms with Crippen LogP contribution in [0.5, 0.6) is 5.75 Å². The van der Waals surface area contributed by atoms with Crippen molar-refractivity contribution in [3.63, 3.8) is 0 Å². The van der Waals surface area contributed by atoms with E-state index in [0.29, 0.717) is 10.0 Å². The van der Waals surface area contributed by atoms with Crippen LogP contribution in [-0.4, -0.2) is 15.2 Å². The maximum Gasteiger partial charge on any atom is 0.270 e. The summed E-state index contributed by atoms with van der Waals surface area (Å²) in [4.78, 5) is 24.3. The highest BCUT2D eigenvalue weighted by molar-refractivity contribution is 8.27. The van der Waals surface area contributed by atoms with Crippen molar-refractivity contribution in [3.8, 4) is 5.75 Å². The molecule has 2 aromatic rings. The Morgan fingerprint density at radius 2 is 1.83 bits per heavy atom. The summed E-state index contributed by atoms with van der Waals surface area (Å²) >= 11 is 6.29. The van der Waals surface area contributed by atoms with Gasteiger partial charge in [-0.2, -0.15) is 0 Å². The molecule has 0 aromatic heterocycles. The van der Waals surface area contributed by atoms with E-state index in [2.05, 4.69) is 0 Å². The van der Waals surface area contributed by atoms with Gasteiger partial charge in [-0.1, -0.05) is 54.3 Å². The molecular weight excluding hydrogens is 348 g/mol. The predicted octanol–water partition coefficient (Wildman–Crippen LogP) is 3.07. The van der Waals surface area contributed by atoms with Crippen molar-refractivity contribution in [3.05, 3.63) is 69.1 Å². The van der Waals surface area contributed by atoms with Crippen LogP contribution in [0.25, 0.3) is 6.08 Å². The fourth-order valence-corrected chi connectivity index (χ4v) is 3.50. The summed E-state index contributed by atoms with van der Waals surface area (Å²) in [6, 6.07) is 12.9. The maximum absolute atomic E-state index is 12.6. The largest absolute Gasteiger partial charge is 0.867 e. The molecule has 1 fully saturated rings. The fourth-order valence-electron chi connectivity index (χ4n) is 2.21. The quantitative estimate of drug-likeness (QED) is 0.363. The third kappa shape index (κ3) is 2.89. The molecule has 1 heterocycles. The molecule has 120 valence electrons. The van der Waals surface area contributed by atoms with Gasteiger partial charge in [0.25, 0.3) is 11.6 Å². The number of nitro benzene ring substituents is 1. The van der Waals surface area contributed by atoms with Gasteiger partial charge in [-0.15, -0.1) is 0 Å². The normalized spacial score (nSPS) is 16.0. The molecule has 6 nitrogen and oxygen atoms in total. The average molecular weight is 357 g/mol. The van der Waals surface area contributed by atoms with Crippen molar-refractivity contribution in [2.45, 2.75) is 0 Å². The minimum absolute atomic E-state index is 0.0813. The van der Waals surface area contributed by atoms with Crippen LogP contribution in [-0.2, 0) is 4.79 Å². The van der Waals surface area contributed by atoms with Gasteiger partial charge < -0.3 is 5.11 Å². The van der Waals surface area contributed by atoms with E-state index in [1.165, 1.54) is 23.1 Å². The van der Waals surface area contributed by atoms with Crippen LogP contribution in [0.1, 0.15) is 5.56 Å². The smallest absolute Gasteiger partial charge is 0.270 e. The molecule has 2 aromatic carbocycles. The Labute approximate surface area is 146 Å². The van der Waals surface area contributed by atoms with Crippen LogP contribution in [0, 0.1) is 10.1 Å². The van der Waals surface area contributed by atoms with E-state index in [1.54, 1.807) is 24.3 Å². The number of para-hydroxylation sites is 2. The molecular formula is C16H9N2O4S2-. The lowest BCUT2D eigenvalue weighted by molar-refractivity contribution is -0.398. The number of hydrogen-bond donors (Lipinski definition) is 0. The van der Waals surface area contributed by atoms with Crippen molar-refractivity contribution in [2.75, 3.05) is 4.90 Å². The number of nitrogens with zero attached hydrogens (tertiary/aromatic N) is 2. The second-order valence-corrected chi connectivity index (χ2v) is 6.48. The van der Waals surface area contributed by atoms with Gasteiger partial charge in [0, 0.05) is 6.07 Å². The molecule has 0 unspecified atom stereocenters. The van der Waals surface area contributed by atoms with Gasteiger partial charge in [0.15, 0.2) is 4.32 Å². The Hall–Kier alpha value is -2.71. The van der Waals surface area contributed by atoms with E-state index >= 15 is 0 Å². The molecule has 0 N–H and O–H groups in total. The molecule has 0 aliphatic carbocycles. The predicted molar refractivity (Wildman–Crippen MR) is 94.6 cm³/mol. The highest BCUT2D eigenvalue weighted by atomic mass is 32.2. The number of thiocarbonyl (C=S) groups is 1. The first-order valence-corrected chi connectivity index (χ1v) is 7.99. The molecule has 1 saturated heterocycles. The van der Waals surface area contributed by atoms with E-state index in [1.807, 2.05) is 6.07 Å². The molecule has 0 atom stereocenters. The monoisotopic (exact) mass is 357 g/mol. The van der Waals surface area contributed by atoms with E-state index in [4.69, 9.17) is 12.2 Å². The fraction of sp³-hybridized carbons (Fsp3) is 0. The third-order valence-corrected chi connectivity index (χ3v) is 4.62. The van der Waals surface area contributed by atoms with Crippen LogP contribution in [0.2, 0.25) is 0 Å². The summed E-state index contributed by atoms with van der Waals surface area (Å²) < 4.78 is 0.343. The molecule has 8 heteroatoms. The number of anilines is 1. The van der Waals surface area contributed by atoms with Crippen molar-refractivity contribution in [1.29, 1.82) is 0 Å². The second kappa shape index (κ2) is 6.42. The van der Waals surface area contributed by atoms with Gasteiger partial charge in [0.2, 0.25) is 0 Å².